The molecule has 3 nitrogen and oxygen atoms in total. The van der Waals surface area contributed by atoms with E-state index in [1.54, 1.807) is 19.2 Å². The number of hydrogen-bond acceptors (Lipinski definition) is 3. The van der Waals surface area contributed by atoms with Crippen LogP contribution in [0.15, 0.2) is 42.5 Å². The molecule has 0 N–H and O–H groups in total. The second-order valence-corrected chi connectivity index (χ2v) is 8.62. The van der Waals surface area contributed by atoms with Crippen LogP contribution in [0.2, 0.25) is 0 Å². The van der Waals surface area contributed by atoms with Gasteiger partial charge in [0.05, 0.1) is 18.8 Å². The van der Waals surface area contributed by atoms with Crippen LogP contribution in [0.3, 0.4) is 0 Å². The van der Waals surface area contributed by atoms with Gasteiger partial charge in [0.2, 0.25) is 0 Å². The van der Waals surface area contributed by atoms with Gasteiger partial charge < -0.3 is 14.2 Å². The summed E-state index contributed by atoms with van der Waals surface area (Å²) in [7, 11) is 1.69. The highest BCUT2D eigenvalue weighted by atomic mass is 19.2. The normalized spacial score (nSPS) is 17.9. The van der Waals surface area contributed by atoms with Crippen molar-refractivity contribution in [3.63, 3.8) is 0 Å². The Bertz CT molecular complexity index is 1240. The third-order valence-electron chi connectivity index (χ3n) is 6.01. The van der Waals surface area contributed by atoms with Crippen LogP contribution in [0.4, 0.5) is 17.6 Å². The molecule has 1 heterocycles. The van der Waals surface area contributed by atoms with Crippen molar-refractivity contribution >= 4 is 10.8 Å². The Morgan fingerprint density at radius 2 is 1.69 bits per heavy atom. The summed E-state index contributed by atoms with van der Waals surface area (Å²) in [5.41, 5.74) is 1.44. The molecule has 0 spiro atoms. The highest BCUT2D eigenvalue weighted by Crippen LogP contribution is 2.24. The molecule has 0 aliphatic carbocycles. The summed E-state index contributed by atoms with van der Waals surface area (Å²) < 4.78 is 72.0. The summed E-state index contributed by atoms with van der Waals surface area (Å²) in [6.07, 6.45) is 2.90. The van der Waals surface area contributed by atoms with E-state index in [1.165, 1.54) is 24.3 Å². The van der Waals surface area contributed by atoms with Crippen LogP contribution in [0.1, 0.15) is 36.0 Å². The average molecular weight is 487 g/mol. The lowest BCUT2D eigenvalue weighted by Crippen LogP contribution is -2.32. The summed E-state index contributed by atoms with van der Waals surface area (Å²) in [6, 6.07) is 10.00. The van der Waals surface area contributed by atoms with Gasteiger partial charge in [-0.2, -0.15) is 0 Å². The van der Waals surface area contributed by atoms with Gasteiger partial charge in [0, 0.05) is 37.0 Å². The summed E-state index contributed by atoms with van der Waals surface area (Å²) in [5, 5.41) is 0.134. The van der Waals surface area contributed by atoms with Crippen molar-refractivity contribution in [1.29, 1.82) is 0 Å². The van der Waals surface area contributed by atoms with Crippen molar-refractivity contribution in [3.8, 4) is 11.8 Å². The zero-order valence-corrected chi connectivity index (χ0v) is 19.4. The van der Waals surface area contributed by atoms with Crippen molar-refractivity contribution < 1.29 is 31.8 Å². The maximum Gasteiger partial charge on any atom is 0.195 e. The second kappa shape index (κ2) is 11.7. The first kappa shape index (κ1) is 25.2. The Kier molecular flexibility index (Phi) is 8.40. The Hall–Kier alpha value is -2.92. The maximum atomic E-state index is 14.6. The number of halogens is 4. The molecule has 0 bridgehead atoms. The van der Waals surface area contributed by atoms with Crippen molar-refractivity contribution in [1.82, 2.24) is 0 Å². The first-order valence-electron chi connectivity index (χ1n) is 11.5. The highest BCUT2D eigenvalue weighted by molar-refractivity contribution is 5.84. The van der Waals surface area contributed by atoms with Crippen LogP contribution in [0, 0.1) is 41.0 Å². The van der Waals surface area contributed by atoms with Crippen LogP contribution in [-0.2, 0) is 20.6 Å². The largest absolute Gasteiger partial charge is 0.385 e. The lowest BCUT2D eigenvalue weighted by Gasteiger charge is -2.29. The number of methoxy groups -OCH3 is 1. The van der Waals surface area contributed by atoms with Gasteiger partial charge in [-0.1, -0.05) is 24.0 Å². The molecule has 3 aromatic rings. The van der Waals surface area contributed by atoms with Crippen molar-refractivity contribution in [2.24, 2.45) is 5.92 Å². The van der Waals surface area contributed by atoms with E-state index in [9.17, 15) is 17.6 Å². The second-order valence-electron chi connectivity index (χ2n) is 8.62. The third kappa shape index (κ3) is 6.40. The van der Waals surface area contributed by atoms with Crippen molar-refractivity contribution in [2.45, 2.75) is 32.0 Å². The lowest BCUT2D eigenvalue weighted by molar-refractivity contribution is -0.203. The van der Waals surface area contributed by atoms with Crippen LogP contribution in [-0.4, -0.2) is 33.2 Å². The van der Waals surface area contributed by atoms with Gasteiger partial charge in [-0.25, -0.2) is 17.6 Å². The number of benzene rings is 3. The molecule has 184 valence electrons. The van der Waals surface area contributed by atoms with Gasteiger partial charge in [0.25, 0.3) is 0 Å². The molecule has 0 unspecified atom stereocenters. The van der Waals surface area contributed by atoms with E-state index in [0.717, 1.165) is 31.1 Å². The van der Waals surface area contributed by atoms with Crippen molar-refractivity contribution in [2.75, 3.05) is 26.9 Å². The topological polar surface area (TPSA) is 27.7 Å². The van der Waals surface area contributed by atoms with E-state index in [2.05, 4.69) is 11.8 Å². The Labute approximate surface area is 202 Å². The summed E-state index contributed by atoms with van der Waals surface area (Å²) >= 11 is 0. The minimum absolute atomic E-state index is 0.0440. The summed E-state index contributed by atoms with van der Waals surface area (Å²) in [4.78, 5) is 0. The number of aryl methyl sites for hydroxylation is 1. The van der Waals surface area contributed by atoms with Crippen LogP contribution in [0.5, 0.6) is 0 Å². The molecule has 1 aliphatic heterocycles. The summed E-state index contributed by atoms with van der Waals surface area (Å²) in [6.45, 7) is 2.04. The molecule has 0 saturated carbocycles. The molecule has 1 fully saturated rings. The fourth-order valence-electron chi connectivity index (χ4n) is 4.05. The predicted molar refractivity (Wildman–Crippen MR) is 125 cm³/mol. The lowest BCUT2D eigenvalue weighted by atomic mass is 10.0. The fourth-order valence-corrected chi connectivity index (χ4v) is 4.05. The Morgan fingerprint density at radius 1 is 0.886 bits per heavy atom. The molecule has 35 heavy (non-hydrogen) atoms. The molecule has 0 aromatic heterocycles. The first-order chi connectivity index (χ1) is 16.9. The highest BCUT2D eigenvalue weighted by Gasteiger charge is 2.22. The van der Waals surface area contributed by atoms with E-state index < -0.39 is 23.3 Å². The maximum absolute atomic E-state index is 14.6. The zero-order valence-electron chi connectivity index (χ0n) is 19.4. The van der Waals surface area contributed by atoms with Gasteiger partial charge >= 0.3 is 0 Å². The molecule has 3 aromatic carbocycles. The Morgan fingerprint density at radius 3 is 2.43 bits per heavy atom. The predicted octanol–water partition coefficient (Wildman–Crippen LogP) is 6.14. The Balaban J connectivity index is 1.34. The van der Waals surface area contributed by atoms with E-state index in [1.807, 2.05) is 0 Å². The van der Waals surface area contributed by atoms with E-state index in [4.69, 9.17) is 14.2 Å². The molecular formula is C28H26F4O3. The SMILES string of the molecule is COCCCC1COC(CCc2ccc(C#Cc3ccc4c(F)c(F)c(F)cc4c3)c(F)c2)OC1. The van der Waals surface area contributed by atoms with Gasteiger partial charge in [0.15, 0.2) is 23.7 Å². The standard InChI is InChI=1S/C28H26F4O3/c1-33-12-2-3-20-16-34-26(35-17-20)11-7-19-5-9-21(24(29)14-19)8-4-18-6-10-23-22(13-18)15-25(30)28(32)27(23)31/h5-6,9-10,13-15,20,26H,2-3,7,11-12,16-17H2,1H3. The molecule has 0 amide bonds. The summed E-state index contributed by atoms with van der Waals surface area (Å²) in [5.74, 6) is 1.43. The molecule has 0 radical (unpaired) electrons. The first-order valence-corrected chi connectivity index (χ1v) is 11.5. The average Bonchev–Trinajstić information content (AvgIpc) is 2.86. The number of fused-ring (bicyclic) bond motifs is 1. The third-order valence-corrected chi connectivity index (χ3v) is 6.01. The van der Waals surface area contributed by atoms with Gasteiger partial charge in [-0.05, 0) is 60.5 Å². The fraction of sp³-hybridized carbons (Fsp3) is 0.357. The number of rotatable bonds is 7. The number of ether oxygens (including phenoxy) is 3. The smallest absolute Gasteiger partial charge is 0.195 e. The zero-order chi connectivity index (χ0) is 24.8. The molecule has 7 heteroatoms. The van der Waals surface area contributed by atoms with Gasteiger partial charge in [0.1, 0.15) is 5.82 Å². The van der Waals surface area contributed by atoms with E-state index >= 15 is 0 Å². The van der Waals surface area contributed by atoms with Gasteiger partial charge in [-0.15, -0.1) is 0 Å². The quantitative estimate of drug-likeness (QED) is 0.174. The van der Waals surface area contributed by atoms with Crippen LogP contribution >= 0.6 is 0 Å². The van der Waals surface area contributed by atoms with E-state index in [0.29, 0.717) is 37.5 Å². The number of hydrogen-bond donors (Lipinski definition) is 0. The van der Waals surface area contributed by atoms with Crippen molar-refractivity contribution in [3.05, 3.63) is 82.4 Å². The van der Waals surface area contributed by atoms with E-state index in [-0.39, 0.29) is 22.6 Å². The molecule has 0 atom stereocenters. The molecular weight excluding hydrogens is 460 g/mol. The van der Waals surface area contributed by atoms with Crippen LogP contribution < -0.4 is 0 Å². The minimum atomic E-state index is -1.51. The molecule has 1 aliphatic rings. The van der Waals surface area contributed by atoms with Gasteiger partial charge in [-0.3, -0.25) is 0 Å². The molecule has 4 rings (SSSR count). The van der Waals surface area contributed by atoms with Crippen LogP contribution in [0.25, 0.3) is 10.8 Å². The monoisotopic (exact) mass is 486 g/mol. The molecule has 1 saturated heterocycles. The minimum Gasteiger partial charge on any atom is -0.385 e.